The van der Waals surface area contributed by atoms with E-state index in [-0.39, 0.29) is 29.3 Å². The molecule has 0 amide bonds. The molecule has 0 saturated carbocycles. The van der Waals surface area contributed by atoms with Crippen molar-refractivity contribution in [3.05, 3.63) is 70.4 Å². The minimum absolute atomic E-state index is 0.0150. The normalized spacial score (nSPS) is 11.9. The minimum atomic E-state index is -4.68. The van der Waals surface area contributed by atoms with Gasteiger partial charge in [-0.2, -0.15) is 41.9 Å². The first-order valence-corrected chi connectivity index (χ1v) is 10.2. The fourth-order valence-electron chi connectivity index (χ4n) is 2.96. The van der Waals surface area contributed by atoms with Gasteiger partial charge < -0.3 is 4.74 Å². The number of aromatic nitrogens is 4. The number of hydrogen-bond acceptors (Lipinski definition) is 6. The average molecular weight is 495 g/mol. The topological polar surface area (TPSA) is 87.5 Å². The summed E-state index contributed by atoms with van der Waals surface area (Å²) in [5, 5.41) is 20.6. The average Bonchev–Trinajstić information content (AvgIpc) is 3.46. The van der Waals surface area contributed by atoms with Crippen LogP contribution in [0.2, 0.25) is 0 Å². The lowest BCUT2D eigenvalue weighted by Gasteiger charge is -2.12. The van der Waals surface area contributed by atoms with E-state index in [4.69, 9.17) is 10.00 Å². The van der Waals surface area contributed by atoms with Crippen molar-refractivity contribution >= 4 is 11.3 Å². The molecule has 2 heterocycles. The zero-order valence-corrected chi connectivity index (χ0v) is 17.5. The Balaban J connectivity index is 1.55. The molecule has 4 rings (SSSR count). The number of H-pyrrole nitrogens is 1. The molecule has 6 nitrogen and oxygen atoms in total. The van der Waals surface area contributed by atoms with Crippen molar-refractivity contribution < 1.29 is 31.1 Å². The molecule has 34 heavy (non-hydrogen) atoms. The first-order chi connectivity index (χ1) is 16.0. The Hall–Kier alpha value is -3.92. The maximum absolute atomic E-state index is 13.4. The van der Waals surface area contributed by atoms with Gasteiger partial charge in [-0.25, -0.2) is 4.98 Å². The van der Waals surface area contributed by atoms with Gasteiger partial charge in [0, 0.05) is 16.5 Å². The molecule has 0 spiro atoms. The highest BCUT2D eigenvalue weighted by Crippen LogP contribution is 2.36. The summed E-state index contributed by atoms with van der Waals surface area (Å²) in [7, 11) is 0. The van der Waals surface area contributed by atoms with E-state index in [9.17, 15) is 26.3 Å². The summed E-state index contributed by atoms with van der Waals surface area (Å²) >= 11 is 1.15. The molecule has 0 aliphatic rings. The second kappa shape index (κ2) is 8.79. The number of thiazole rings is 1. The number of benzene rings is 2. The van der Waals surface area contributed by atoms with Gasteiger partial charge in [0.05, 0.1) is 16.8 Å². The van der Waals surface area contributed by atoms with E-state index < -0.39 is 23.5 Å². The van der Waals surface area contributed by atoms with Gasteiger partial charge in [-0.05, 0) is 30.3 Å². The van der Waals surface area contributed by atoms with Crippen LogP contribution in [0.3, 0.4) is 0 Å². The number of aromatic amines is 1. The SMILES string of the molecule is N#Cc1n[nH]nc1-c1cc(OCc2csc(-c3ccc(C(F)(F)F)cc3)n2)cc(C(F)(F)F)c1. The van der Waals surface area contributed by atoms with Gasteiger partial charge in [-0.1, -0.05) is 12.1 Å². The Kier molecular flexibility index (Phi) is 6.01. The van der Waals surface area contributed by atoms with Gasteiger partial charge in [-0.15, -0.1) is 16.4 Å². The van der Waals surface area contributed by atoms with Crippen molar-refractivity contribution in [1.29, 1.82) is 5.26 Å². The first-order valence-electron chi connectivity index (χ1n) is 9.33. The fourth-order valence-corrected chi connectivity index (χ4v) is 3.77. The molecule has 4 aromatic rings. The van der Waals surface area contributed by atoms with E-state index in [0.717, 1.165) is 35.6 Å². The number of alkyl halides is 6. The van der Waals surface area contributed by atoms with Gasteiger partial charge in [0.1, 0.15) is 29.1 Å². The van der Waals surface area contributed by atoms with Crippen molar-refractivity contribution in [3.8, 4) is 33.6 Å². The summed E-state index contributed by atoms with van der Waals surface area (Å²) in [6, 6.07) is 9.12. The highest BCUT2D eigenvalue weighted by molar-refractivity contribution is 7.13. The molecular formula is C21H11F6N5OS. The van der Waals surface area contributed by atoms with Crippen LogP contribution in [0.15, 0.2) is 47.8 Å². The molecule has 0 unspecified atom stereocenters. The molecule has 0 atom stereocenters. The molecule has 0 aliphatic carbocycles. The molecular weight excluding hydrogens is 484 g/mol. The van der Waals surface area contributed by atoms with Gasteiger partial charge in [-0.3, -0.25) is 0 Å². The smallest absolute Gasteiger partial charge is 0.416 e. The Labute approximate surface area is 191 Å². The largest absolute Gasteiger partial charge is 0.487 e. The standard InChI is InChI=1S/C21H11F6N5OS/c22-20(23,24)13-3-1-11(2-4-13)19-29-15(10-34-19)9-33-16-6-12(5-14(7-16)21(25,26)27)18-17(8-28)30-32-31-18/h1-7,10H,9H2,(H,30,31,32). The molecule has 0 saturated heterocycles. The molecule has 0 bridgehead atoms. The van der Waals surface area contributed by atoms with Gasteiger partial charge in [0.15, 0.2) is 5.69 Å². The lowest BCUT2D eigenvalue weighted by atomic mass is 10.1. The van der Waals surface area contributed by atoms with Crippen molar-refractivity contribution in [2.24, 2.45) is 0 Å². The summed E-state index contributed by atoms with van der Waals surface area (Å²) in [6.07, 6.45) is -9.13. The Morgan fingerprint density at radius 3 is 2.26 bits per heavy atom. The highest BCUT2D eigenvalue weighted by Gasteiger charge is 2.32. The zero-order valence-electron chi connectivity index (χ0n) is 16.7. The predicted octanol–water partition coefficient (Wildman–Crippen LogP) is 6.08. The second-order valence-corrected chi connectivity index (χ2v) is 7.74. The quantitative estimate of drug-likeness (QED) is 0.339. The molecule has 2 aromatic carbocycles. The lowest BCUT2D eigenvalue weighted by Crippen LogP contribution is -2.06. The first kappa shape index (κ1) is 23.2. The van der Waals surface area contributed by atoms with Crippen LogP contribution in [0.25, 0.3) is 21.8 Å². The number of nitriles is 1. The summed E-state index contributed by atoms with van der Waals surface area (Å²) in [5.74, 6) is -0.138. The molecule has 0 fully saturated rings. The van der Waals surface area contributed by atoms with E-state index in [1.54, 1.807) is 11.4 Å². The molecule has 1 N–H and O–H groups in total. The second-order valence-electron chi connectivity index (χ2n) is 6.88. The fraction of sp³-hybridized carbons (Fsp3) is 0.143. The summed E-state index contributed by atoms with van der Waals surface area (Å²) in [5.41, 5.74) is -1.21. The van der Waals surface area contributed by atoms with Gasteiger partial charge in [0.2, 0.25) is 0 Å². The maximum atomic E-state index is 13.4. The van der Waals surface area contributed by atoms with Crippen molar-refractivity contribution in [2.45, 2.75) is 19.0 Å². The molecule has 0 radical (unpaired) electrons. The number of hydrogen-bond donors (Lipinski definition) is 1. The van der Waals surface area contributed by atoms with Crippen LogP contribution in [0.4, 0.5) is 26.3 Å². The Morgan fingerprint density at radius 2 is 1.62 bits per heavy atom. The monoisotopic (exact) mass is 495 g/mol. The number of halogens is 6. The van der Waals surface area contributed by atoms with Crippen LogP contribution in [-0.4, -0.2) is 20.4 Å². The maximum Gasteiger partial charge on any atom is 0.416 e. The third-order valence-electron chi connectivity index (χ3n) is 4.56. The third kappa shape index (κ3) is 5.01. The molecule has 13 heteroatoms. The van der Waals surface area contributed by atoms with E-state index in [1.807, 2.05) is 0 Å². The van der Waals surface area contributed by atoms with Gasteiger partial charge >= 0.3 is 12.4 Å². The van der Waals surface area contributed by atoms with Crippen LogP contribution in [0.1, 0.15) is 22.5 Å². The number of ether oxygens (including phenoxy) is 1. The van der Waals surface area contributed by atoms with E-state index >= 15 is 0 Å². The van der Waals surface area contributed by atoms with Crippen LogP contribution < -0.4 is 4.74 Å². The Morgan fingerprint density at radius 1 is 0.912 bits per heavy atom. The van der Waals surface area contributed by atoms with Crippen LogP contribution in [-0.2, 0) is 19.0 Å². The minimum Gasteiger partial charge on any atom is -0.487 e. The predicted molar refractivity (Wildman–Crippen MR) is 108 cm³/mol. The molecule has 2 aromatic heterocycles. The summed E-state index contributed by atoms with van der Waals surface area (Å²) in [6.45, 7) is -0.193. The Bertz CT molecular complexity index is 1350. The summed E-state index contributed by atoms with van der Waals surface area (Å²) < 4.78 is 83.8. The summed E-state index contributed by atoms with van der Waals surface area (Å²) in [4.78, 5) is 4.28. The van der Waals surface area contributed by atoms with Gasteiger partial charge in [0.25, 0.3) is 0 Å². The van der Waals surface area contributed by atoms with Crippen LogP contribution in [0.5, 0.6) is 5.75 Å². The van der Waals surface area contributed by atoms with E-state index in [1.165, 1.54) is 18.2 Å². The lowest BCUT2D eigenvalue weighted by molar-refractivity contribution is -0.138. The number of rotatable bonds is 5. The van der Waals surface area contributed by atoms with Crippen molar-refractivity contribution in [3.63, 3.8) is 0 Å². The highest BCUT2D eigenvalue weighted by atomic mass is 32.1. The molecule has 0 aliphatic heterocycles. The third-order valence-corrected chi connectivity index (χ3v) is 5.50. The van der Waals surface area contributed by atoms with Crippen molar-refractivity contribution in [1.82, 2.24) is 20.4 Å². The number of nitrogens with zero attached hydrogens (tertiary/aromatic N) is 4. The number of nitrogens with one attached hydrogen (secondary N) is 1. The van der Waals surface area contributed by atoms with E-state index in [0.29, 0.717) is 16.3 Å². The van der Waals surface area contributed by atoms with Crippen LogP contribution in [0, 0.1) is 11.3 Å². The van der Waals surface area contributed by atoms with Crippen molar-refractivity contribution in [2.75, 3.05) is 0 Å². The zero-order chi connectivity index (χ0) is 24.5. The van der Waals surface area contributed by atoms with E-state index in [2.05, 4.69) is 20.4 Å². The van der Waals surface area contributed by atoms with Crippen LogP contribution >= 0.6 is 11.3 Å². The molecule has 174 valence electrons.